The highest BCUT2D eigenvalue weighted by molar-refractivity contribution is 6.03. The van der Waals surface area contributed by atoms with Gasteiger partial charge < -0.3 is 4.74 Å². The molecule has 0 aromatic carbocycles. The van der Waals surface area contributed by atoms with Crippen LogP contribution in [0, 0.1) is 5.41 Å². The number of hydrogen-bond donors (Lipinski definition) is 0. The van der Waals surface area contributed by atoms with E-state index in [0.29, 0.717) is 12.8 Å². The van der Waals surface area contributed by atoms with Crippen molar-refractivity contribution < 1.29 is 14.3 Å². The van der Waals surface area contributed by atoms with Crippen LogP contribution in [-0.4, -0.2) is 17.9 Å². The second kappa shape index (κ2) is 4.56. The van der Waals surface area contributed by atoms with Gasteiger partial charge in [-0.3, -0.25) is 4.79 Å². The van der Waals surface area contributed by atoms with Crippen LogP contribution in [-0.2, 0) is 14.3 Å². The Balaban J connectivity index is 2.37. The molecule has 0 saturated carbocycles. The van der Waals surface area contributed by atoms with Crippen LogP contribution in [0.15, 0.2) is 35.5 Å². The van der Waals surface area contributed by atoms with Crippen molar-refractivity contribution in [3.63, 3.8) is 0 Å². The van der Waals surface area contributed by atoms with Crippen LogP contribution >= 0.6 is 0 Å². The van der Waals surface area contributed by atoms with Crippen LogP contribution in [0.4, 0.5) is 0 Å². The summed E-state index contributed by atoms with van der Waals surface area (Å²) >= 11 is 0. The first-order chi connectivity index (χ1) is 8.40. The molecular formula is C15H18O3. The average molecular weight is 246 g/mol. The summed E-state index contributed by atoms with van der Waals surface area (Å²) in [6.45, 7) is 5.73. The third-order valence-corrected chi connectivity index (χ3v) is 3.50. The lowest BCUT2D eigenvalue weighted by atomic mass is 9.85. The van der Waals surface area contributed by atoms with Crippen LogP contribution in [0.3, 0.4) is 0 Å². The van der Waals surface area contributed by atoms with E-state index in [0.717, 1.165) is 11.1 Å². The van der Waals surface area contributed by atoms with Gasteiger partial charge >= 0.3 is 5.97 Å². The molecule has 0 aromatic heterocycles. The highest BCUT2D eigenvalue weighted by Gasteiger charge is 2.35. The SMILES string of the molecule is CC1=CCCC2=CC(OC2=O)C(C)(C)C=CC1=O. The highest BCUT2D eigenvalue weighted by Crippen LogP contribution is 2.33. The lowest BCUT2D eigenvalue weighted by Crippen LogP contribution is -2.27. The molecular weight excluding hydrogens is 228 g/mol. The monoisotopic (exact) mass is 246 g/mol. The van der Waals surface area contributed by atoms with Crippen LogP contribution in [0.2, 0.25) is 0 Å². The van der Waals surface area contributed by atoms with Crippen LogP contribution in [0.25, 0.3) is 0 Å². The lowest BCUT2D eigenvalue weighted by Gasteiger charge is -2.25. The molecule has 2 aliphatic rings. The average Bonchev–Trinajstić information content (AvgIpc) is 2.67. The molecule has 1 heterocycles. The molecule has 18 heavy (non-hydrogen) atoms. The minimum Gasteiger partial charge on any atom is -0.454 e. The molecule has 1 aliphatic carbocycles. The van der Waals surface area contributed by atoms with E-state index in [9.17, 15) is 9.59 Å². The van der Waals surface area contributed by atoms with E-state index in [-0.39, 0.29) is 23.3 Å². The number of carbonyl (C=O) groups is 2. The van der Waals surface area contributed by atoms with Crippen molar-refractivity contribution in [1.29, 1.82) is 0 Å². The molecule has 0 spiro atoms. The maximum absolute atomic E-state index is 11.8. The Morgan fingerprint density at radius 3 is 2.78 bits per heavy atom. The molecule has 1 aliphatic heterocycles. The van der Waals surface area contributed by atoms with Crippen LogP contribution in [0.1, 0.15) is 33.6 Å². The maximum atomic E-state index is 11.8. The zero-order valence-electron chi connectivity index (χ0n) is 11.0. The summed E-state index contributed by atoms with van der Waals surface area (Å²) in [4.78, 5) is 23.5. The summed E-state index contributed by atoms with van der Waals surface area (Å²) in [5.41, 5.74) is 1.09. The molecule has 2 bridgehead atoms. The van der Waals surface area contributed by atoms with Gasteiger partial charge in [0.15, 0.2) is 5.78 Å². The number of ether oxygens (including phenoxy) is 1. The summed E-state index contributed by atoms with van der Waals surface area (Å²) in [5, 5.41) is 0. The summed E-state index contributed by atoms with van der Waals surface area (Å²) in [6, 6.07) is 0. The standard InChI is InChI=1S/C15H18O3/c1-10-5-4-6-11-9-13(18-14(11)17)15(2,3)8-7-12(10)16/h5,7-9,13H,4,6H2,1-3H3. The first kappa shape index (κ1) is 12.8. The maximum Gasteiger partial charge on any atom is 0.334 e. The molecule has 2 rings (SSSR count). The van der Waals surface area contributed by atoms with Gasteiger partial charge in [0.25, 0.3) is 0 Å². The minimum atomic E-state index is -0.363. The summed E-state index contributed by atoms with van der Waals surface area (Å²) in [6.07, 6.45) is 8.24. The summed E-state index contributed by atoms with van der Waals surface area (Å²) < 4.78 is 5.36. The summed E-state index contributed by atoms with van der Waals surface area (Å²) in [5.74, 6) is -0.198. The van der Waals surface area contributed by atoms with Gasteiger partial charge in [0.1, 0.15) is 6.10 Å². The molecule has 1 atom stereocenters. The predicted molar refractivity (Wildman–Crippen MR) is 68.9 cm³/mol. The van der Waals surface area contributed by atoms with Crippen molar-refractivity contribution in [2.24, 2.45) is 5.41 Å². The normalized spacial score (nSPS) is 27.2. The third kappa shape index (κ3) is 2.45. The van der Waals surface area contributed by atoms with Gasteiger partial charge in [-0.25, -0.2) is 4.79 Å². The second-order valence-corrected chi connectivity index (χ2v) is 5.46. The van der Waals surface area contributed by atoms with E-state index in [1.54, 1.807) is 6.08 Å². The van der Waals surface area contributed by atoms with Crippen molar-refractivity contribution in [3.8, 4) is 0 Å². The van der Waals surface area contributed by atoms with Gasteiger partial charge in [-0.05, 0) is 37.5 Å². The third-order valence-electron chi connectivity index (χ3n) is 3.50. The molecule has 0 radical (unpaired) electrons. The molecule has 0 saturated heterocycles. The molecule has 0 fully saturated rings. The largest absolute Gasteiger partial charge is 0.454 e. The Hall–Kier alpha value is -1.64. The zero-order chi connectivity index (χ0) is 13.3. The van der Waals surface area contributed by atoms with E-state index in [2.05, 4.69) is 0 Å². The van der Waals surface area contributed by atoms with Gasteiger partial charge in [0, 0.05) is 11.0 Å². The van der Waals surface area contributed by atoms with Crippen molar-refractivity contribution in [3.05, 3.63) is 35.5 Å². The Bertz CT molecular complexity index is 478. The van der Waals surface area contributed by atoms with Crippen LogP contribution < -0.4 is 0 Å². The number of allylic oxidation sites excluding steroid dienone is 3. The van der Waals surface area contributed by atoms with E-state index < -0.39 is 0 Å². The Kier molecular flexibility index (Phi) is 3.24. The van der Waals surface area contributed by atoms with E-state index >= 15 is 0 Å². The number of hydrogen-bond acceptors (Lipinski definition) is 3. The first-order valence-electron chi connectivity index (χ1n) is 6.22. The molecule has 0 amide bonds. The van der Waals surface area contributed by atoms with Crippen molar-refractivity contribution in [2.45, 2.75) is 39.7 Å². The van der Waals surface area contributed by atoms with Gasteiger partial charge in [-0.1, -0.05) is 26.0 Å². The van der Waals surface area contributed by atoms with Crippen molar-refractivity contribution in [1.82, 2.24) is 0 Å². The first-order valence-corrected chi connectivity index (χ1v) is 6.22. The van der Waals surface area contributed by atoms with Gasteiger partial charge in [-0.15, -0.1) is 0 Å². The Labute approximate surface area is 107 Å². The minimum absolute atomic E-state index is 0.0252. The van der Waals surface area contributed by atoms with Gasteiger partial charge in [0.2, 0.25) is 0 Å². The fourth-order valence-electron chi connectivity index (χ4n) is 2.09. The number of esters is 1. The van der Waals surface area contributed by atoms with E-state index in [1.165, 1.54) is 0 Å². The number of carbonyl (C=O) groups excluding carboxylic acids is 2. The molecule has 96 valence electrons. The lowest BCUT2D eigenvalue weighted by molar-refractivity contribution is -0.142. The highest BCUT2D eigenvalue weighted by atomic mass is 16.5. The fraction of sp³-hybridized carbons (Fsp3) is 0.467. The Morgan fingerprint density at radius 1 is 1.33 bits per heavy atom. The molecule has 0 aromatic rings. The number of rotatable bonds is 0. The van der Waals surface area contributed by atoms with Crippen molar-refractivity contribution in [2.75, 3.05) is 0 Å². The van der Waals surface area contributed by atoms with Crippen molar-refractivity contribution >= 4 is 11.8 Å². The van der Waals surface area contributed by atoms with Crippen LogP contribution in [0.5, 0.6) is 0 Å². The smallest absolute Gasteiger partial charge is 0.334 e. The number of ketones is 1. The quantitative estimate of drug-likeness (QED) is 0.617. The molecule has 3 nitrogen and oxygen atoms in total. The molecule has 3 heteroatoms. The topological polar surface area (TPSA) is 43.4 Å². The fourth-order valence-corrected chi connectivity index (χ4v) is 2.09. The summed E-state index contributed by atoms with van der Waals surface area (Å²) in [7, 11) is 0. The van der Waals surface area contributed by atoms with Gasteiger partial charge in [0.05, 0.1) is 0 Å². The van der Waals surface area contributed by atoms with E-state index in [1.807, 2.05) is 39.0 Å². The van der Waals surface area contributed by atoms with Gasteiger partial charge in [-0.2, -0.15) is 0 Å². The van der Waals surface area contributed by atoms with E-state index in [4.69, 9.17) is 4.74 Å². The predicted octanol–water partition coefficient (Wildman–Crippen LogP) is 2.73. The number of fused-ring (bicyclic) bond motifs is 1. The Morgan fingerprint density at radius 2 is 2.06 bits per heavy atom. The molecule has 1 unspecified atom stereocenters. The second-order valence-electron chi connectivity index (χ2n) is 5.46. The zero-order valence-corrected chi connectivity index (χ0v) is 11.0. The molecule has 0 N–H and O–H groups in total.